The molecule has 2 N–H and O–H groups in total. The summed E-state index contributed by atoms with van der Waals surface area (Å²) >= 11 is 0. The van der Waals surface area contributed by atoms with E-state index in [2.05, 4.69) is 5.32 Å². The van der Waals surface area contributed by atoms with Crippen molar-refractivity contribution < 1.29 is 27.9 Å². The fourth-order valence-electron chi connectivity index (χ4n) is 2.16. The van der Waals surface area contributed by atoms with E-state index in [4.69, 9.17) is 5.11 Å². The Balaban J connectivity index is 2.78. The highest BCUT2D eigenvalue weighted by Gasteiger charge is 2.31. The summed E-state index contributed by atoms with van der Waals surface area (Å²) < 4.78 is 38.1. The van der Waals surface area contributed by atoms with Crippen LogP contribution in [0.5, 0.6) is 0 Å². The van der Waals surface area contributed by atoms with E-state index in [1.165, 1.54) is 12.1 Å². The first-order chi connectivity index (χ1) is 10.5. The molecule has 0 radical (unpaired) electrons. The van der Waals surface area contributed by atoms with Gasteiger partial charge in [0, 0.05) is 6.42 Å². The van der Waals surface area contributed by atoms with Gasteiger partial charge in [0.05, 0.1) is 5.56 Å². The first-order valence-corrected chi connectivity index (χ1v) is 7.21. The Morgan fingerprint density at radius 1 is 1.22 bits per heavy atom. The summed E-state index contributed by atoms with van der Waals surface area (Å²) in [7, 11) is 0. The van der Waals surface area contributed by atoms with Crippen molar-refractivity contribution in [1.29, 1.82) is 0 Å². The zero-order chi connectivity index (χ0) is 17.8. The number of rotatable bonds is 6. The predicted molar refractivity (Wildman–Crippen MR) is 78.9 cm³/mol. The van der Waals surface area contributed by atoms with Gasteiger partial charge in [-0.05, 0) is 23.5 Å². The Bertz CT molecular complexity index is 570. The highest BCUT2D eigenvalue weighted by Crippen LogP contribution is 2.31. The van der Waals surface area contributed by atoms with Gasteiger partial charge in [-0.1, -0.05) is 39.0 Å². The molecular weight excluding hydrogens is 311 g/mol. The molecule has 1 rings (SSSR count). The largest absolute Gasteiger partial charge is 0.480 e. The second-order valence-electron chi connectivity index (χ2n) is 5.86. The highest BCUT2D eigenvalue weighted by atomic mass is 19.4. The minimum absolute atomic E-state index is 0.0855. The number of aliphatic carboxylic acids is 1. The van der Waals surface area contributed by atoms with Gasteiger partial charge in [0.15, 0.2) is 0 Å². The van der Waals surface area contributed by atoms with Crippen molar-refractivity contribution in [3.63, 3.8) is 0 Å². The predicted octanol–water partition coefficient (Wildman–Crippen LogP) is 3.42. The Morgan fingerprint density at radius 3 is 2.30 bits per heavy atom. The van der Waals surface area contributed by atoms with Crippen molar-refractivity contribution in [1.82, 2.24) is 5.32 Å². The smallest absolute Gasteiger partial charge is 0.416 e. The molecule has 0 fully saturated rings. The molecule has 1 unspecified atom stereocenters. The molecule has 1 amide bonds. The number of carbonyl (C=O) groups is 2. The summed E-state index contributed by atoms with van der Waals surface area (Å²) in [5.74, 6) is -2.39. The lowest BCUT2D eigenvalue weighted by Crippen LogP contribution is -2.44. The number of carboxylic acid groups (broad SMARTS) is 1. The third-order valence-electron chi connectivity index (χ3n) is 3.52. The molecule has 7 heteroatoms. The van der Waals surface area contributed by atoms with E-state index in [0.717, 1.165) is 12.1 Å². The summed E-state index contributed by atoms with van der Waals surface area (Å²) in [6.45, 7) is 4.95. The number of carbonyl (C=O) groups excluding carboxylic acids is 1. The maximum Gasteiger partial charge on any atom is 0.416 e. The average Bonchev–Trinajstić information content (AvgIpc) is 2.43. The lowest BCUT2D eigenvalue weighted by atomic mass is 9.95. The average molecular weight is 331 g/mol. The van der Waals surface area contributed by atoms with Crippen molar-refractivity contribution in [2.45, 2.75) is 45.3 Å². The quantitative estimate of drug-likeness (QED) is 0.839. The number of halogens is 3. The first-order valence-electron chi connectivity index (χ1n) is 7.21. The normalized spacial score (nSPS) is 14.4. The van der Waals surface area contributed by atoms with Gasteiger partial charge in [0.25, 0.3) is 0 Å². The number of carboxylic acids is 1. The maximum atomic E-state index is 12.7. The first kappa shape index (κ1) is 19.0. The molecule has 23 heavy (non-hydrogen) atoms. The fourth-order valence-corrected chi connectivity index (χ4v) is 2.16. The topological polar surface area (TPSA) is 66.4 Å². The van der Waals surface area contributed by atoms with Crippen LogP contribution in [0.15, 0.2) is 24.3 Å². The van der Waals surface area contributed by atoms with Crippen LogP contribution in [0.2, 0.25) is 0 Å². The van der Waals surface area contributed by atoms with E-state index in [1.54, 1.807) is 20.8 Å². The van der Waals surface area contributed by atoms with Gasteiger partial charge in [-0.3, -0.25) is 4.79 Å². The van der Waals surface area contributed by atoms with Crippen molar-refractivity contribution >= 4 is 11.9 Å². The molecule has 4 nitrogen and oxygen atoms in total. The van der Waals surface area contributed by atoms with E-state index in [1.807, 2.05) is 0 Å². The van der Waals surface area contributed by atoms with E-state index < -0.39 is 35.6 Å². The van der Waals surface area contributed by atoms with Crippen LogP contribution >= 0.6 is 0 Å². The van der Waals surface area contributed by atoms with Gasteiger partial charge in [-0.2, -0.15) is 13.2 Å². The summed E-state index contributed by atoms with van der Waals surface area (Å²) in [5.41, 5.74) is -0.390. The Morgan fingerprint density at radius 2 is 1.83 bits per heavy atom. The molecule has 0 aliphatic carbocycles. The highest BCUT2D eigenvalue weighted by molar-refractivity contribution is 5.84. The maximum absolute atomic E-state index is 12.7. The second-order valence-corrected chi connectivity index (χ2v) is 5.86. The number of amides is 1. The van der Waals surface area contributed by atoms with Crippen molar-refractivity contribution in [3.05, 3.63) is 35.4 Å². The zero-order valence-corrected chi connectivity index (χ0v) is 13.1. The molecule has 0 aliphatic heterocycles. The van der Waals surface area contributed by atoms with Crippen LogP contribution in [0.1, 0.15) is 44.2 Å². The number of benzene rings is 1. The number of alkyl halides is 3. The summed E-state index contributed by atoms with van der Waals surface area (Å²) in [5, 5.41) is 11.4. The number of hydrogen-bond donors (Lipinski definition) is 2. The van der Waals surface area contributed by atoms with Gasteiger partial charge >= 0.3 is 12.1 Å². The molecule has 0 spiro atoms. The lowest BCUT2D eigenvalue weighted by molar-refractivity contribution is -0.143. The van der Waals surface area contributed by atoms with Crippen LogP contribution in [-0.4, -0.2) is 23.0 Å². The van der Waals surface area contributed by atoms with Gasteiger partial charge < -0.3 is 10.4 Å². The third-order valence-corrected chi connectivity index (χ3v) is 3.52. The number of nitrogens with one attached hydrogen (secondary N) is 1. The van der Waals surface area contributed by atoms with Crippen LogP contribution in [0.25, 0.3) is 0 Å². The summed E-state index contributed by atoms with van der Waals surface area (Å²) in [6, 6.07) is 3.77. The molecule has 0 aliphatic rings. The molecule has 0 saturated heterocycles. The molecular formula is C16H20F3NO3. The van der Waals surface area contributed by atoms with Crippen molar-refractivity contribution in [3.8, 4) is 0 Å². The molecule has 0 aromatic heterocycles. The molecule has 1 aromatic carbocycles. The Kier molecular flexibility index (Phi) is 6.18. The van der Waals surface area contributed by atoms with Gasteiger partial charge in [0.2, 0.25) is 5.91 Å². The van der Waals surface area contributed by atoms with Crippen LogP contribution in [-0.2, 0) is 15.8 Å². The van der Waals surface area contributed by atoms with Crippen molar-refractivity contribution in [2.24, 2.45) is 5.92 Å². The molecule has 0 bridgehead atoms. The number of hydrogen-bond acceptors (Lipinski definition) is 2. The lowest BCUT2D eigenvalue weighted by Gasteiger charge is -2.20. The zero-order valence-electron chi connectivity index (χ0n) is 13.1. The minimum atomic E-state index is -4.44. The monoisotopic (exact) mass is 331 g/mol. The standard InChI is InChI=1S/C16H20F3NO3/c1-9(2)14(15(22)23)20-13(21)7-10(3)11-5-4-6-12(8-11)16(17,18)19/h4-6,8-10,14H,7H2,1-3H3,(H,20,21)(H,22,23)/t10?,14-/m1/s1. The van der Waals surface area contributed by atoms with E-state index in [0.29, 0.717) is 5.56 Å². The second kappa shape index (κ2) is 7.48. The van der Waals surface area contributed by atoms with E-state index in [-0.39, 0.29) is 12.3 Å². The van der Waals surface area contributed by atoms with Crippen LogP contribution in [0, 0.1) is 5.92 Å². The Labute approximate surface area is 132 Å². The molecule has 2 atom stereocenters. The van der Waals surface area contributed by atoms with Crippen molar-refractivity contribution in [2.75, 3.05) is 0 Å². The molecule has 0 heterocycles. The molecule has 1 aromatic rings. The van der Waals surface area contributed by atoms with Gasteiger partial charge in [-0.25, -0.2) is 4.79 Å². The van der Waals surface area contributed by atoms with E-state index >= 15 is 0 Å². The fraction of sp³-hybridized carbons (Fsp3) is 0.500. The van der Waals surface area contributed by atoms with Gasteiger partial charge in [0.1, 0.15) is 6.04 Å². The minimum Gasteiger partial charge on any atom is -0.480 e. The van der Waals surface area contributed by atoms with Gasteiger partial charge in [-0.15, -0.1) is 0 Å². The van der Waals surface area contributed by atoms with Crippen LogP contribution in [0.4, 0.5) is 13.2 Å². The van der Waals surface area contributed by atoms with Crippen LogP contribution in [0.3, 0.4) is 0 Å². The Hall–Kier alpha value is -2.05. The molecule has 128 valence electrons. The van der Waals surface area contributed by atoms with Crippen LogP contribution < -0.4 is 5.32 Å². The summed E-state index contributed by atoms with van der Waals surface area (Å²) in [4.78, 5) is 23.0. The SMILES string of the molecule is CC(CC(=O)N[C@@H](C(=O)O)C(C)C)c1cccc(C(F)(F)F)c1. The summed E-state index contributed by atoms with van der Waals surface area (Å²) in [6.07, 6.45) is -4.53. The molecule has 0 saturated carbocycles. The third kappa shape index (κ3) is 5.58. The van der Waals surface area contributed by atoms with E-state index in [9.17, 15) is 22.8 Å².